The number of anilines is 1. The van der Waals surface area contributed by atoms with Gasteiger partial charge in [-0.25, -0.2) is 0 Å². The van der Waals surface area contributed by atoms with Crippen LogP contribution in [0.3, 0.4) is 0 Å². The summed E-state index contributed by atoms with van der Waals surface area (Å²) < 4.78 is 5.19. The lowest BCUT2D eigenvalue weighted by Crippen LogP contribution is -2.33. The van der Waals surface area contributed by atoms with Crippen LogP contribution in [0.15, 0.2) is 11.0 Å². The minimum Gasteiger partial charge on any atom is -0.394 e. The van der Waals surface area contributed by atoms with Gasteiger partial charge in [0.15, 0.2) is 0 Å². The quantitative estimate of drug-likeness (QED) is 0.386. The van der Waals surface area contributed by atoms with Crippen LogP contribution in [0, 0.1) is 0 Å². The van der Waals surface area contributed by atoms with Gasteiger partial charge in [-0.05, 0) is 0 Å². The molecule has 1 aliphatic heterocycles. The Hall–Kier alpha value is -1.48. The van der Waals surface area contributed by atoms with Crippen LogP contribution in [0.2, 0.25) is 0 Å². The Morgan fingerprint density at radius 2 is 2.18 bits per heavy atom. The maximum absolute atomic E-state index is 11.5. The summed E-state index contributed by atoms with van der Waals surface area (Å²) in [5.41, 5.74) is 4.70. The topological polar surface area (TPSA) is 142 Å². The molecule has 1 aliphatic rings. The number of nitrogens with two attached hydrogens (primary N) is 1. The van der Waals surface area contributed by atoms with E-state index in [2.05, 4.69) is 9.97 Å². The van der Waals surface area contributed by atoms with Gasteiger partial charge in [-0.15, -0.1) is 0 Å². The van der Waals surface area contributed by atoms with Crippen LogP contribution in [-0.4, -0.2) is 50.2 Å². The van der Waals surface area contributed by atoms with Crippen molar-refractivity contribution in [2.75, 3.05) is 12.3 Å². The summed E-state index contributed by atoms with van der Waals surface area (Å²) in [7, 11) is 0. The molecule has 0 aliphatic carbocycles. The first-order valence-corrected chi connectivity index (χ1v) is 5.02. The second-order valence-electron chi connectivity index (χ2n) is 3.81. The molecule has 94 valence electrons. The van der Waals surface area contributed by atoms with Crippen molar-refractivity contribution in [2.24, 2.45) is 0 Å². The first-order chi connectivity index (χ1) is 8.04. The third-order valence-electron chi connectivity index (χ3n) is 2.69. The largest absolute Gasteiger partial charge is 0.394 e. The average Bonchev–Trinajstić information content (AvgIpc) is 2.57. The number of rotatable bonds is 2. The monoisotopic (exact) mass is 243 g/mol. The summed E-state index contributed by atoms with van der Waals surface area (Å²) in [4.78, 5) is 17.5. The standard InChI is InChI=1S/C9H13N3O5/c10-9-11-1-3(8(16)12-9)7-6(15)5(14)4(2-13)17-7/h1,4-7,13-15H,2H2,(H3,10,11,12,16). The number of aromatic amines is 1. The van der Waals surface area contributed by atoms with E-state index in [0.717, 1.165) is 0 Å². The predicted molar refractivity (Wildman–Crippen MR) is 56.0 cm³/mol. The van der Waals surface area contributed by atoms with Crippen molar-refractivity contribution in [1.82, 2.24) is 9.97 Å². The zero-order valence-corrected chi connectivity index (χ0v) is 8.78. The zero-order chi connectivity index (χ0) is 12.6. The number of nitrogens with zero attached hydrogens (tertiary/aromatic N) is 1. The van der Waals surface area contributed by atoms with Gasteiger partial charge in [0.1, 0.15) is 24.4 Å². The molecule has 2 heterocycles. The van der Waals surface area contributed by atoms with E-state index in [0.29, 0.717) is 0 Å². The highest BCUT2D eigenvalue weighted by molar-refractivity contribution is 5.21. The molecule has 1 saturated heterocycles. The Labute approximate surface area is 95.7 Å². The van der Waals surface area contributed by atoms with Gasteiger partial charge in [-0.1, -0.05) is 0 Å². The smallest absolute Gasteiger partial charge is 0.280 e. The second-order valence-corrected chi connectivity index (χ2v) is 3.81. The number of H-pyrrole nitrogens is 1. The van der Waals surface area contributed by atoms with Gasteiger partial charge >= 0.3 is 0 Å². The fraction of sp³-hybridized carbons (Fsp3) is 0.556. The lowest BCUT2D eigenvalue weighted by Gasteiger charge is -2.13. The molecule has 1 fully saturated rings. The summed E-state index contributed by atoms with van der Waals surface area (Å²) in [5.74, 6) is -0.0505. The Morgan fingerprint density at radius 3 is 2.71 bits per heavy atom. The van der Waals surface area contributed by atoms with Crippen LogP contribution in [0.25, 0.3) is 0 Å². The second kappa shape index (κ2) is 4.41. The van der Waals surface area contributed by atoms with Crippen molar-refractivity contribution in [3.63, 3.8) is 0 Å². The summed E-state index contributed by atoms with van der Waals surface area (Å²) >= 11 is 0. The van der Waals surface area contributed by atoms with E-state index >= 15 is 0 Å². The van der Waals surface area contributed by atoms with Crippen molar-refractivity contribution in [3.8, 4) is 0 Å². The Bertz CT molecular complexity index is 462. The molecule has 0 amide bonds. The molecule has 4 atom stereocenters. The van der Waals surface area contributed by atoms with Crippen LogP contribution in [0.4, 0.5) is 5.95 Å². The van der Waals surface area contributed by atoms with Gasteiger partial charge in [-0.2, -0.15) is 4.98 Å². The summed E-state index contributed by atoms with van der Waals surface area (Å²) in [6.45, 7) is -0.449. The van der Waals surface area contributed by atoms with Crippen molar-refractivity contribution in [1.29, 1.82) is 0 Å². The maximum atomic E-state index is 11.5. The van der Waals surface area contributed by atoms with E-state index in [1.54, 1.807) is 0 Å². The number of nitrogens with one attached hydrogen (secondary N) is 1. The molecule has 0 bridgehead atoms. The molecule has 0 radical (unpaired) electrons. The number of hydrogen-bond acceptors (Lipinski definition) is 7. The Morgan fingerprint density at radius 1 is 1.47 bits per heavy atom. The molecular formula is C9H13N3O5. The molecule has 1 aromatic rings. The van der Waals surface area contributed by atoms with E-state index in [4.69, 9.17) is 15.6 Å². The molecule has 6 N–H and O–H groups in total. The molecule has 2 rings (SSSR count). The van der Waals surface area contributed by atoms with Crippen LogP contribution >= 0.6 is 0 Å². The first-order valence-electron chi connectivity index (χ1n) is 5.02. The molecule has 1 aromatic heterocycles. The zero-order valence-electron chi connectivity index (χ0n) is 8.78. The maximum Gasteiger partial charge on any atom is 0.280 e. The first kappa shape index (κ1) is 12.0. The van der Waals surface area contributed by atoms with E-state index < -0.39 is 36.6 Å². The molecule has 8 heteroatoms. The normalized spacial score (nSPS) is 32.9. The number of aromatic nitrogens is 2. The van der Waals surface area contributed by atoms with Crippen LogP contribution < -0.4 is 11.3 Å². The molecule has 17 heavy (non-hydrogen) atoms. The van der Waals surface area contributed by atoms with Crippen molar-refractivity contribution in [2.45, 2.75) is 24.4 Å². The SMILES string of the molecule is Nc1nc(=O)c(C2OC(CO)C(O)C2O)c[nH]1. The average molecular weight is 243 g/mol. The van der Waals surface area contributed by atoms with Gasteiger partial charge in [-0.3, -0.25) is 4.79 Å². The van der Waals surface area contributed by atoms with E-state index in [9.17, 15) is 15.0 Å². The Balaban J connectivity index is 2.32. The third kappa shape index (κ3) is 2.03. The molecule has 4 unspecified atom stereocenters. The summed E-state index contributed by atoms with van der Waals surface area (Å²) in [5, 5.41) is 28.2. The summed E-state index contributed by atoms with van der Waals surface area (Å²) in [6.07, 6.45) is -3.23. The number of ether oxygens (including phenoxy) is 1. The molecule has 8 nitrogen and oxygen atoms in total. The van der Waals surface area contributed by atoms with Gasteiger partial charge in [0, 0.05) is 6.20 Å². The van der Waals surface area contributed by atoms with Gasteiger partial charge in [0.25, 0.3) is 5.56 Å². The molecule has 0 aromatic carbocycles. The number of hydrogen-bond donors (Lipinski definition) is 5. The van der Waals surface area contributed by atoms with Crippen LogP contribution in [-0.2, 0) is 4.74 Å². The fourth-order valence-corrected chi connectivity index (χ4v) is 1.78. The van der Waals surface area contributed by atoms with Gasteiger partial charge in [0.2, 0.25) is 5.95 Å². The molecular weight excluding hydrogens is 230 g/mol. The highest BCUT2D eigenvalue weighted by atomic mass is 16.6. The highest BCUT2D eigenvalue weighted by Crippen LogP contribution is 2.31. The van der Waals surface area contributed by atoms with Crippen molar-refractivity contribution < 1.29 is 20.1 Å². The van der Waals surface area contributed by atoms with Crippen LogP contribution in [0.5, 0.6) is 0 Å². The van der Waals surface area contributed by atoms with Gasteiger partial charge in [0.05, 0.1) is 12.2 Å². The van der Waals surface area contributed by atoms with Crippen molar-refractivity contribution in [3.05, 3.63) is 22.1 Å². The van der Waals surface area contributed by atoms with Crippen molar-refractivity contribution >= 4 is 5.95 Å². The third-order valence-corrected chi connectivity index (χ3v) is 2.69. The molecule has 0 saturated carbocycles. The molecule has 0 spiro atoms. The predicted octanol–water partition coefficient (Wildman–Crippen LogP) is -2.49. The number of aliphatic hydroxyl groups excluding tert-OH is 3. The highest BCUT2D eigenvalue weighted by Gasteiger charge is 2.44. The Kier molecular flexibility index (Phi) is 3.11. The minimum atomic E-state index is -1.29. The fourth-order valence-electron chi connectivity index (χ4n) is 1.78. The van der Waals surface area contributed by atoms with Gasteiger partial charge < -0.3 is 30.8 Å². The summed E-state index contributed by atoms with van der Waals surface area (Å²) in [6, 6.07) is 0. The van der Waals surface area contributed by atoms with Crippen LogP contribution in [0.1, 0.15) is 11.7 Å². The van der Waals surface area contributed by atoms with E-state index in [-0.39, 0.29) is 11.5 Å². The number of nitrogen functional groups attached to an aromatic ring is 1. The minimum absolute atomic E-state index is 0.0505. The lowest BCUT2D eigenvalue weighted by molar-refractivity contribution is -0.0232. The van der Waals surface area contributed by atoms with E-state index in [1.165, 1.54) is 6.20 Å². The lowest BCUT2D eigenvalue weighted by atomic mass is 10.0. The van der Waals surface area contributed by atoms with E-state index in [1.807, 2.05) is 0 Å². The number of aliphatic hydroxyl groups is 3.